The molecule has 0 radical (unpaired) electrons. The number of nitrogens with one attached hydrogen (secondary N) is 1. The number of anilines is 1. The molecule has 0 bridgehead atoms. The predicted octanol–water partition coefficient (Wildman–Crippen LogP) is 4.50. The number of rotatable bonds is 10. The minimum atomic E-state index is -1.45. The second kappa shape index (κ2) is 13.4. The Hall–Kier alpha value is -3.96. The summed E-state index contributed by atoms with van der Waals surface area (Å²) in [5, 5.41) is 2.87. The summed E-state index contributed by atoms with van der Waals surface area (Å²) in [6, 6.07) is 7.57. The molecule has 2 aliphatic rings. The van der Waals surface area contributed by atoms with Gasteiger partial charge in [0.25, 0.3) is 5.91 Å². The summed E-state index contributed by atoms with van der Waals surface area (Å²) in [6.07, 6.45) is 8.44. The summed E-state index contributed by atoms with van der Waals surface area (Å²) in [5.74, 6) is 1.60. The number of amides is 2. The normalized spacial score (nSPS) is 18.4. The highest BCUT2D eigenvalue weighted by Gasteiger charge is 2.30. The van der Waals surface area contributed by atoms with E-state index in [0.29, 0.717) is 65.5 Å². The summed E-state index contributed by atoms with van der Waals surface area (Å²) in [4.78, 5) is 43.5. The van der Waals surface area contributed by atoms with Crippen LogP contribution in [0.1, 0.15) is 70.4 Å². The van der Waals surface area contributed by atoms with E-state index in [-0.39, 0.29) is 17.9 Å². The van der Waals surface area contributed by atoms with Crippen LogP contribution >= 0.6 is 0 Å². The van der Waals surface area contributed by atoms with Crippen LogP contribution in [0.25, 0.3) is 0 Å². The van der Waals surface area contributed by atoms with Gasteiger partial charge in [0.05, 0.1) is 21.4 Å². The van der Waals surface area contributed by atoms with Crippen LogP contribution in [0.2, 0.25) is 0 Å². The molecule has 232 valence electrons. The van der Waals surface area contributed by atoms with Gasteiger partial charge in [-0.25, -0.2) is 9.97 Å². The third-order valence-corrected chi connectivity index (χ3v) is 9.16. The number of carbonyl (C=O) groups excluding carboxylic acids is 2. The number of pyridine rings is 1. The van der Waals surface area contributed by atoms with Gasteiger partial charge < -0.3 is 15.0 Å². The van der Waals surface area contributed by atoms with Gasteiger partial charge >= 0.3 is 0 Å². The van der Waals surface area contributed by atoms with Gasteiger partial charge in [0, 0.05) is 62.0 Å². The number of benzene rings is 1. The Bertz CT molecular complexity index is 1590. The molecule has 1 aliphatic heterocycles. The van der Waals surface area contributed by atoms with E-state index in [2.05, 4.69) is 32.8 Å². The molecule has 3 heterocycles. The quantitative estimate of drug-likeness (QED) is 0.331. The zero-order chi connectivity index (χ0) is 31.5. The summed E-state index contributed by atoms with van der Waals surface area (Å²) in [6.45, 7) is 13.5. The van der Waals surface area contributed by atoms with Crippen molar-refractivity contribution in [3.8, 4) is 5.75 Å². The summed E-state index contributed by atoms with van der Waals surface area (Å²) in [5.41, 5.74) is 3.81. The number of aryl methyl sites for hydroxylation is 3. The van der Waals surface area contributed by atoms with Crippen molar-refractivity contribution in [1.82, 2.24) is 24.8 Å². The first-order chi connectivity index (χ1) is 21.0. The van der Waals surface area contributed by atoms with Gasteiger partial charge in [0.15, 0.2) is 6.10 Å². The first-order valence-electron chi connectivity index (χ1n) is 14.9. The van der Waals surface area contributed by atoms with Crippen molar-refractivity contribution in [2.45, 2.75) is 63.5 Å². The van der Waals surface area contributed by atoms with Gasteiger partial charge in [-0.05, 0) is 81.9 Å². The van der Waals surface area contributed by atoms with Gasteiger partial charge in [-0.15, -0.1) is 0 Å². The van der Waals surface area contributed by atoms with E-state index in [9.17, 15) is 13.8 Å². The van der Waals surface area contributed by atoms with Crippen molar-refractivity contribution in [1.29, 1.82) is 0 Å². The van der Waals surface area contributed by atoms with E-state index in [4.69, 9.17) is 9.72 Å². The van der Waals surface area contributed by atoms with Gasteiger partial charge in [0.2, 0.25) is 5.91 Å². The van der Waals surface area contributed by atoms with Crippen LogP contribution in [-0.2, 0) is 15.6 Å². The highest BCUT2D eigenvalue weighted by atomic mass is 32.2. The van der Waals surface area contributed by atoms with Crippen LogP contribution in [0.4, 0.5) is 5.82 Å². The Labute approximate surface area is 261 Å². The number of hydrogen-bond acceptors (Lipinski definition) is 8. The molecule has 0 spiro atoms. The van der Waals surface area contributed by atoms with E-state index in [1.165, 1.54) is 24.5 Å². The van der Waals surface area contributed by atoms with Crippen molar-refractivity contribution < 1.29 is 18.5 Å². The van der Waals surface area contributed by atoms with Crippen molar-refractivity contribution >= 4 is 28.4 Å². The topological polar surface area (TPSA) is 118 Å². The molecule has 11 heteroatoms. The summed E-state index contributed by atoms with van der Waals surface area (Å²) in [7, 11) is -1.45. The highest BCUT2D eigenvalue weighted by Crippen LogP contribution is 2.40. The van der Waals surface area contributed by atoms with Crippen molar-refractivity contribution in [2.24, 2.45) is 0 Å². The van der Waals surface area contributed by atoms with Crippen LogP contribution in [0.5, 0.6) is 5.75 Å². The Balaban J connectivity index is 1.42. The summed E-state index contributed by atoms with van der Waals surface area (Å²) < 4.78 is 19.7. The zero-order valence-electron chi connectivity index (χ0n) is 26.0. The fraction of sp³-hybridized carbons (Fsp3) is 0.424. The van der Waals surface area contributed by atoms with Gasteiger partial charge in [-0.3, -0.25) is 23.7 Å². The molecule has 10 nitrogen and oxygen atoms in total. The van der Waals surface area contributed by atoms with E-state index in [1.807, 2.05) is 37.9 Å². The predicted molar refractivity (Wildman–Crippen MR) is 170 cm³/mol. The monoisotopic (exact) mass is 616 g/mol. The van der Waals surface area contributed by atoms with E-state index in [1.54, 1.807) is 31.5 Å². The van der Waals surface area contributed by atoms with Crippen molar-refractivity contribution in [3.05, 3.63) is 83.1 Å². The van der Waals surface area contributed by atoms with Crippen LogP contribution in [-0.4, -0.2) is 79.3 Å². The SMILES string of the molecule is C=CC(=O)N1CCN(C[C@@H](Oc2cc(C)c(C(=O)Nc3nc(C)ncc3C)cc2[S@@](C)=O)c2ccc(C3CC3)cn2)C[C@H]1C. The Morgan fingerprint density at radius 2 is 1.91 bits per heavy atom. The highest BCUT2D eigenvalue weighted by molar-refractivity contribution is 7.84. The first-order valence-corrected chi connectivity index (χ1v) is 16.5. The second-order valence-corrected chi connectivity index (χ2v) is 13.1. The number of aromatic nitrogens is 3. The zero-order valence-corrected chi connectivity index (χ0v) is 26.8. The molecule has 1 aliphatic carbocycles. The van der Waals surface area contributed by atoms with Crippen LogP contribution in [0.3, 0.4) is 0 Å². The Kier molecular flexibility index (Phi) is 9.55. The lowest BCUT2D eigenvalue weighted by Crippen LogP contribution is -2.54. The lowest BCUT2D eigenvalue weighted by molar-refractivity contribution is -0.130. The molecule has 1 saturated heterocycles. The molecule has 0 unspecified atom stereocenters. The Morgan fingerprint density at radius 1 is 1.14 bits per heavy atom. The van der Waals surface area contributed by atoms with Gasteiger partial charge in [-0.1, -0.05) is 12.6 Å². The number of hydrogen-bond donors (Lipinski definition) is 1. The number of ether oxygens (including phenoxy) is 1. The maximum atomic E-state index is 13.3. The molecule has 5 rings (SSSR count). The molecule has 1 aromatic carbocycles. The van der Waals surface area contributed by atoms with Crippen LogP contribution in [0, 0.1) is 20.8 Å². The second-order valence-electron chi connectivity index (χ2n) is 11.7. The molecule has 2 aromatic heterocycles. The summed E-state index contributed by atoms with van der Waals surface area (Å²) >= 11 is 0. The third kappa shape index (κ3) is 7.22. The van der Waals surface area contributed by atoms with Gasteiger partial charge in [0.1, 0.15) is 17.4 Å². The molecule has 3 atom stereocenters. The number of carbonyl (C=O) groups is 2. The number of nitrogens with zero attached hydrogens (tertiary/aromatic N) is 5. The average Bonchev–Trinajstić information content (AvgIpc) is 3.84. The average molecular weight is 617 g/mol. The van der Waals surface area contributed by atoms with E-state index >= 15 is 0 Å². The van der Waals surface area contributed by atoms with E-state index in [0.717, 1.165) is 11.3 Å². The standard InChI is InChI=1S/C33H40N6O4S/c1-7-31(40)39-13-12-38(18-22(39)4)19-29(27-11-10-25(17-35-27)24-8-9-24)43-28-14-20(2)26(15-30(28)44(6)42)33(41)37-32-21(3)16-34-23(5)36-32/h7,10-11,14-17,22,24,29H,1,8-9,12-13,18-19H2,2-6H3,(H,34,36,37,41)/t22-,29-,44-/m1/s1. The van der Waals surface area contributed by atoms with Crippen molar-refractivity contribution in [2.75, 3.05) is 37.8 Å². The maximum Gasteiger partial charge on any atom is 0.257 e. The fourth-order valence-corrected chi connectivity index (χ4v) is 6.22. The fourth-order valence-electron chi connectivity index (χ4n) is 5.54. The Morgan fingerprint density at radius 3 is 2.55 bits per heavy atom. The van der Waals surface area contributed by atoms with Crippen LogP contribution in [0.15, 0.2) is 54.2 Å². The molecule has 1 saturated carbocycles. The molecule has 44 heavy (non-hydrogen) atoms. The van der Waals surface area contributed by atoms with Crippen molar-refractivity contribution in [3.63, 3.8) is 0 Å². The molecule has 2 amide bonds. The van der Waals surface area contributed by atoms with E-state index < -0.39 is 16.9 Å². The molecule has 2 fully saturated rings. The first kappa shape index (κ1) is 31.5. The smallest absolute Gasteiger partial charge is 0.257 e. The molecular formula is C33H40N6O4S. The minimum Gasteiger partial charge on any atom is -0.481 e. The number of piperazine rings is 1. The maximum absolute atomic E-state index is 13.3. The lowest BCUT2D eigenvalue weighted by Gasteiger charge is -2.40. The molecule has 1 N–H and O–H groups in total. The van der Waals surface area contributed by atoms with Gasteiger partial charge in [-0.2, -0.15) is 0 Å². The molecular weight excluding hydrogens is 576 g/mol. The largest absolute Gasteiger partial charge is 0.481 e. The van der Waals surface area contributed by atoms with Crippen LogP contribution < -0.4 is 10.1 Å². The minimum absolute atomic E-state index is 0.0150. The molecule has 3 aromatic rings. The third-order valence-electron chi connectivity index (χ3n) is 8.22. The lowest BCUT2D eigenvalue weighted by atomic mass is 10.1.